The number of rotatable bonds is 6. The van der Waals surface area contributed by atoms with Gasteiger partial charge in [0, 0.05) is 6.04 Å². The van der Waals surface area contributed by atoms with Crippen LogP contribution in [0.2, 0.25) is 0 Å². The number of hydrogen-bond donors (Lipinski definition) is 2. The molecule has 2 aliphatic rings. The zero-order chi connectivity index (χ0) is 14.8. The fraction of sp³-hybridized carbons (Fsp3) is 0.667. The number of carboxylic acid groups (broad SMARTS) is 1. The van der Waals surface area contributed by atoms with Crippen LogP contribution in [0.3, 0.4) is 0 Å². The minimum atomic E-state index is -0.703. The predicted molar refractivity (Wildman–Crippen MR) is 77.2 cm³/mol. The maximum Gasteiger partial charge on any atom is 0.308 e. The van der Waals surface area contributed by atoms with Gasteiger partial charge in [-0.15, -0.1) is 0 Å². The van der Waals surface area contributed by atoms with E-state index in [9.17, 15) is 9.90 Å². The lowest BCUT2D eigenvalue weighted by Crippen LogP contribution is -2.39. The molecule has 2 saturated carbocycles. The van der Waals surface area contributed by atoms with Crippen molar-refractivity contribution in [1.82, 2.24) is 9.97 Å². The van der Waals surface area contributed by atoms with Crippen molar-refractivity contribution in [2.45, 2.75) is 38.6 Å². The lowest BCUT2D eigenvalue weighted by atomic mass is 9.84. The zero-order valence-corrected chi connectivity index (χ0v) is 12.2. The van der Waals surface area contributed by atoms with Crippen LogP contribution >= 0.6 is 0 Å². The van der Waals surface area contributed by atoms with Crippen LogP contribution in [0.4, 0.5) is 5.82 Å². The Bertz CT molecular complexity index is 523. The van der Waals surface area contributed by atoms with E-state index < -0.39 is 5.97 Å². The van der Waals surface area contributed by atoms with Gasteiger partial charge in [-0.2, -0.15) is 4.98 Å². The van der Waals surface area contributed by atoms with E-state index in [1.165, 1.54) is 0 Å². The van der Waals surface area contributed by atoms with Gasteiger partial charge in [0.1, 0.15) is 5.82 Å². The molecule has 0 aromatic carbocycles. The summed E-state index contributed by atoms with van der Waals surface area (Å²) in [5.74, 6) is 0.802. The van der Waals surface area contributed by atoms with Crippen LogP contribution in [0.5, 0.6) is 5.88 Å². The molecule has 1 aromatic rings. The first kappa shape index (κ1) is 14.1. The van der Waals surface area contributed by atoms with Gasteiger partial charge in [0.05, 0.1) is 24.9 Å². The molecular formula is C15H21N3O3. The quantitative estimate of drug-likeness (QED) is 0.835. The predicted octanol–water partition coefficient (Wildman–Crippen LogP) is 2.18. The number of aliphatic carboxylic acids is 1. The number of nitrogens with one attached hydrogen (secondary N) is 1. The van der Waals surface area contributed by atoms with E-state index in [-0.39, 0.29) is 12.0 Å². The van der Waals surface area contributed by atoms with Crippen LogP contribution in [0.25, 0.3) is 0 Å². The Morgan fingerprint density at radius 1 is 1.43 bits per heavy atom. The Hall–Kier alpha value is -1.85. The summed E-state index contributed by atoms with van der Waals surface area (Å²) in [5.41, 5.74) is 0. The van der Waals surface area contributed by atoms with Crippen molar-refractivity contribution in [2.75, 3.05) is 11.9 Å². The SMILES string of the molecule is CCCOc1cncc(NC2C3CCC(C3)C2C(=O)O)n1. The van der Waals surface area contributed by atoms with E-state index in [1.54, 1.807) is 12.4 Å². The van der Waals surface area contributed by atoms with Crippen molar-refractivity contribution in [2.24, 2.45) is 17.8 Å². The average Bonchev–Trinajstić information content (AvgIpc) is 3.06. The van der Waals surface area contributed by atoms with Crippen LogP contribution < -0.4 is 10.1 Å². The fourth-order valence-electron chi connectivity index (χ4n) is 3.72. The van der Waals surface area contributed by atoms with Crippen LogP contribution in [0.1, 0.15) is 32.6 Å². The van der Waals surface area contributed by atoms with Gasteiger partial charge in [0.25, 0.3) is 0 Å². The van der Waals surface area contributed by atoms with Gasteiger partial charge >= 0.3 is 5.97 Å². The average molecular weight is 291 g/mol. The van der Waals surface area contributed by atoms with Gasteiger partial charge in [-0.1, -0.05) is 6.92 Å². The molecule has 4 atom stereocenters. The number of hydrogen-bond acceptors (Lipinski definition) is 5. The second kappa shape index (κ2) is 5.87. The summed E-state index contributed by atoms with van der Waals surface area (Å²) < 4.78 is 5.47. The zero-order valence-electron chi connectivity index (χ0n) is 12.2. The van der Waals surface area contributed by atoms with Crippen molar-refractivity contribution >= 4 is 11.8 Å². The van der Waals surface area contributed by atoms with Crippen LogP contribution in [-0.4, -0.2) is 33.7 Å². The van der Waals surface area contributed by atoms with Crippen molar-refractivity contribution < 1.29 is 14.6 Å². The van der Waals surface area contributed by atoms with Gasteiger partial charge in [-0.05, 0) is 37.5 Å². The Kier molecular flexibility index (Phi) is 3.94. The molecule has 0 spiro atoms. The minimum Gasteiger partial charge on any atom is -0.481 e. The Labute approximate surface area is 123 Å². The van der Waals surface area contributed by atoms with Crippen LogP contribution in [0.15, 0.2) is 12.4 Å². The molecule has 21 heavy (non-hydrogen) atoms. The second-order valence-electron chi connectivity index (χ2n) is 5.96. The third-order valence-electron chi connectivity index (χ3n) is 4.58. The van der Waals surface area contributed by atoms with Crippen LogP contribution in [0, 0.1) is 17.8 Å². The first-order chi connectivity index (χ1) is 10.2. The summed E-state index contributed by atoms with van der Waals surface area (Å²) in [6, 6.07) is -0.0445. The Morgan fingerprint density at radius 2 is 2.24 bits per heavy atom. The molecule has 114 valence electrons. The maximum atomic E-state index is 11.5. The smallest absolute Gasteiger partial charge is 0.308 e. The van der Waals surface area contributed by atoms with Gasteiger partial charge in [0.2, 0.25) is 5.88 Å². The molecule has 3 rings (SSSR count). The van der Waals surface area contributed by atoms with Gasteiger partial charge in [0.15, 0.2) is 0 Å². The number of nitrogens with zero attached hydrogens (tertiary/aromatic N) is 2. The molecule has 1 heterocycles. The molecule has 0 radical (unpaired) electrons. The number of anilines is 1. The van der Waals surface area contributed by atoms with E-state index >= 15 is 0 Å². The van der Waals surface area contributed by atoms with Crippen LogP contribution in [-0.2, 0) is 4.79 Å². The topological polar surface area (TPSA) is 84.3 Å². The first-order valence-electron chi connectivity index (χ1n) is 7.63. The summed E-state index contributed by atoms with van der Waals surface area (Å²) in [6.07, 6.45) is 7.26. The first-order valence-corrected chi connectivity index (χ1v) is 7.63. The van der Waals surface area contributed by atoms with E-state index in [0.717, 1.165) is 25.7 Å². The molecule has 2 bridgehead atoms. The molecule has 2 fully saturated rings. The van der Waals surface area contributed by atoms with E-state index in [0.29, 0.717) is 30.1 Å². The molecule has 4 unspecified atom stereocenters. The number of carboxylic acids is 1. The minimum absolute atomic E-state index is 0.0445. The van der Waals surface area contributed by atoms with Gasteiger partial charge in [-0.25, -0.2) is 0 Å². The van der Waals surface area contributed by atoms with Crippen molar-refractivity contribution in [3.05, 3.63) is 12.4 Å². The molecule has 1 aromatic heterocycles. The molecule has 2 N–H and O–H groups in total. The lowest BCUT2D eigenvalue weighted by Gasteiger charge is -2.29. The monoisotopic (exact) mass is 291 g/mol. The summed E-state index contributed by atoms with van der Waals surface area (Å²) in [6.45, 7) is 2.63. The largest absolute Gasteiger partial charge is 0.481 e. The lowest BCUT2D eigenvalue weighted by molar-refractivity contribution is -0.143. The van der Waals surface area contributed by atoms with Gasteiger partial charge < -0.3 is 15.2 Å². The van der Waals surface area contributed by atoms with Crippen molar-refractivity contribution in [3.63, 3.8) is 0 Å². The fourth-order valence-corrected chi connectivity index (χ4v) is 3.72. The van der Waals surface area contributed by atoms with Crippen molar-refractivity contribution in [1.29, 1.82) is 0 Å². The molecule has 2 aliphatic carbocycles. The standard InChI is InChI=1S/C15H21N3O3/c1-2-5-21-12-8-16-7-11(17-12)18-14-10-4-3-9(6-10)13(14)15(19)20/h7-10,13-14H,2-6H2,1H3,(H,17,18)(H,19,20). The molecular weight excluding hydrogens is 270 g/mol. The summed E-state index contributed by atoms with van der Waals surface area (Å²) in [7, 11) is 0. The summed E-state index contributed by atoms with van der Waals surface area (Å²) in [4.78, 5) is 20.0. The third kappa shape index (κ3) is 2.80. The molecule has 0 aliphatic heterocycles. The molecule has 6 heteroatoms. The Morgan fingerprint density at radius 3 is 3.00 bits per heavy atom. The number of carbonyl (C=O) groups is 1. The van der Waals surface area contributed by atoms with Crippen molar-refractivity contribution in [3.8, 4) is 5.88 Å². The Balaban J connectivity index is 1.72. The summed E-state index contributed by atoms with van der Waals surface area (Å²) in [5, 5.41) is 12.7. The highest BCUT2D eigenvalue weighted by atomic mass is 16.5. The normalized spacial score (nSPS) is 30.3. The second-order valence-corrected chi connectivity index (χ2v) is 5.96. The van der Waals surface area contributed by atoms with E-state index in [4.69, 9.17) is 4.74 Å². The highest BCUT2D eigenvalue weighted by Crippen LogP contribution is 2.49. The van der Waals surface area contributed by atoms with E-state index in [2.05, 4.69) is 15.3 Å². The highest BCUT2D eigenvalue weighted by molar-refractivity contribution is 5.73. The number of aromatic nitrogens is 2. The molecule has 0 saturated heterocycles. The third-order valence-corrected chi connectivity index (χ3v) is 4.58. The summed E-state index contributed by atoms with van der Waals surface area (Å²) >= 11 is 0. The van der Waals surface area contributed by atoms with Gasteiger partial charge in [-0.3, -0.25) is 9.78 Å². The number of ether oxygens (including phenoxy) is 1. The number of fused-ring (bicyclic) bond motifs is 2. The molecule has 6 nitrogen and oxygen atoms in total. The highest BCUT2D eigenvalue weighted by Gasteiger charge is 2.51. The maximum absolute atomic E-state index is 11.5. The molecule has 0 amide bonds. The van der Waals surface area contributed by atoms with E-state index in [1.807, 2.05) is 6.92 Å².